The number of anilines is 1. The SMILES string of the molecule is Cc1cc(N(C)C)nc(CNS(=O)(=O)c2ccc3c(c2)OCCO3)n1. The van der Waals surface area contributed by atoms with Crippen molar-refractivity contribution in [3.8, 4) is 11.5 Å². The van der Waals surface area contributed by atoms with Crippen molar-refractivity contribution in [2.45, 2.75) is 18.4 Å². The molecule has 1 aliphatic heterocycles. The Hall–Kier alpha value is -2.39. The summed E-state index contributed by atoms with van der Waals surface area (Å²) in [5.74, 6) is 2.10. The van der Waals surface area contributed by atoms with E-state index in [0.29, 0.717) is 30.5 Å². The maximum absolute atomic E-state index is 12.5. The fourth-order valence-electron chi connectivity index (χ4n) is 2.35. The van der Waals surface area contributed by atoms with Gasteiger partial charge in [-0.25, -0.2) is 23.1 Å². The van der Waals surface area contributed by atoms with Crippen LogP contribution in [0.2, 0.25) is 0 Å². The van der Waals surface area contributed by atoms with Crippen LogP contribution >= 0.6 is 0 Å². The van der Waals surface area contributed by atoms with Crippen LogP contribution in [0.15, 0.2) is 29.2 Å². The molecule has 0 unspecified atom stereocenters. The average Bonchev–Trinajstić information content (AvgIpc) is 2.59. The molecular formula is C16H20N4O4S. The van der Waals surface area contributed by atoms with E-state index >= 15 is 0 Å². The summed E-state index contributed by atoms with van der Waals surface area (Å²) in [4.78, 5) is 10.6. The minimum atomic E-state index is -3.72. The van der Waals surface area contributed by atoms with Crippen LogP contribution in [0.25, 0.3) is 0 Å². The van der Waals surface area contributed by atoms with Gasteiger partial charge in [-0.3, -0.25) is 0 Å². The van der Waals surface area contributed by atoms with Crippen molar-refractivity contribution in [1.82, 2.24) is 14.7 Å². The Morgan fingerprint density at radius 2 is 1.84 bits per heavy atom. The van der Waals surface area contributed by atoms with Crippen LogP contribution in [0.3, 0.4) is 0 Å². The van der Waals surface area contributed by atoms with Gasteiger partial charge in [-0.1, -0.05) is 0 Å². The predicted octanol–water partition coefficient (Wildman–Crippen LogP) is 1.10. The lowest BCUT2D eigenvalue weighted by molar-refractivity contribution is 0.171. The quantitative estimate of drug-likeness (QED) is 0.849. The molecule has 0 atom stereocenters. The van der Waals surface area contributed by atoms with E-state index in [-0.39, 0.29) is 11.4 Å². The summed E-state index contributed by atoms with van der Waals surface area (Å²) in [5.41, 5.74) is 0.771. The molecule has 1 aliphatic rings. The molecule has 8 nitrogen and oxygen atoms in total. The molecule has 2 heterocycles. The van der Waals surface area contributed by atoms with Crippen LogP contribution in [-0.2, 0) is 16.6 Å². The number of aromatic nitrogens is 2. The van der Waals surface area contributed by atoms with Gasteiger partial charge in [-0.2, -0.15) is 0 Å². The van der Waals surface area contributed by atoms with E-state index in [1.807, 2.05) is 32.0 Å². The van der Waals surface area contributed by atoms with Gasteiger partial charge >= 0.3 is 0 Å². The lowest BCUT2D eigenvalue weighted by atomic mass is 10.3. The first-order chi connectivity index (χ1) is 11.8. The first-order valence-electron chi connectivity index (χ1n) is 7.76. The number of hydrogen-bond acceptors (Lipinski definition) is 7. The van der Waals surface area contributed by atoms with E-state index in [0.717, 1.165) is 11.5 Å². The Bertz CT molecular complexity index is 884. The van der Waals surface area contributed by atoms with E-state index in [4.69, 9.17) is 9.47 Å². The summed E-state index contributed by atoms with van der Waals surface area (Å²) < 4.78 is 38.4. The van der Waals surface area contributed by atoms with Gasteiger partial charge in [-0.15, -0.1) is 0 Å². The van der Waals surface area contributed by atoms with E-state index in [9.17, 15) is 8.42 Å². The van der Waals surface area contributed by atoms with Crippen LogP contribution < -0.4 is 19.1 Å². The molecule has 0 amide bonds. The number of nitrogens with zero attached hydrogens (tertiary/aromatic N) is 3. The van der Waals surface area contributed by atoms with Crippen molar-refractivity contribution in [2.75, 3.05) is 32.2 Å². The monoisotopic (exact) mass is 364 g/mol. The number of nitrogens with one attached hydrogen (secondary N) is 1. The highest BCUT2D eigenvalue weighted by molar-refractivity contribution is 7.89. The van der Waals surface area contributed by atoms with Crippen molar-refractivity contribution in [3.05, 3.63) is 35.8 Å². The van der Waals surface area contributed by atoms with E-state index in [1.54, 1.807) is 6.07 Å². The second-order valence-corrected chi connectivity index (χ2v) is 7.58. The van der Waals surface area contributed by atoms with Crippen LogP contribution in [0.4, 0.5) is 5.82 Å². The molecule has 1 aromatic heterocycles. The molecule has 1 N–H and O–H groups in total. The van der Waals surface area contributed by atoms with Crippen LogP contribution in [0, 0.1) is 6.92 Å². The highest BCUT2D eigenvalue weighted by Gasteiger charge is 2.19. The fourth-order valence-corrected chi connectivity index (χ4v) is 3.35. The fraction of sp³-hybridized carbons (Fsp3) is 0.375. The minimum absolute atomic E-state index is 0.000699. The smallest absolute Gasteiger partial charge is 0.241 e. The molecule has 3 rings (SSSR count). The van der Waals surface area contributed by atoms with Gasteiger partial charge in [0, 0.05) is 31.9 Å². The molecular weight excluding hydrogens is 344 g/mol. The van der Waals surface area contributed by atoms with Crippen molar-refractivity contribution in [3.63, 3.8) is 0 Å². The van der Waals surface area contributed by atoms with Crippen LogP contribution in [0.5, 0.6) is 11.5 Å². The normalized spacial score (nSPS) is 13.6. The Labute approximate surface area is 146 Å². The van der Waals surface area contributed by atoms with Crippen molar-refractivity contribution < 1.29 is 17.9 Å². The number of fused-ring (bicyclic) bond motifs is 1. The predicted molar refractivity (Wildman–Crippen MR) is 92.6 cm³/mol. The molecule has 0 saturated carbocycles. The molecule has 25 heavy (non-hydrogen) atoms. The van der Waals surface area contributed by atoms with Crippen molar-refractivity contribution in [1.29, 1.82) is 0 Å². The highest BCUT2D eigenvalue weighted by Crippen LogP contribution is 2.32. The number of aryl methyl sites for hydroxylation is 1. The minimum Gasteiger partial charge on any atom is -0.486 e. The van der Waals surface area contributed by atoms with Gasteiger partial charge < -0.3 is 14.4 Å². The largest absolute Gasteiger partial charge is 0.486 e. The standard InChI is InChI=1S/C16H20N4O4S/c1-11-8-16(20(2)3)19-15(18-11)10-17-25(21,22)12-4-5-13-14(9-12)24-7-6-23-13/h4-5,8-9,17H,6-7,10H2,1-3H3. The van der Waals surface area contributed by atoms with Crippen LogP contribution in [-0.4, -0.2) is 45.7 Å². The summed E-state index contributed by atoms with van der Waals surface area (Å²) in [6.45, 7) is 2.69. The second-order valence-electron chi connectivity index (χ2n) is 5.81. The zero-order valence-corrected chi connectivity index (χ0v) is 15.1. The zero-order valence-electron chi connectivity index (χ0n) is 14.3. The third-order valence-corrected chi connectivity index (χ3v) is 4.99. The lowest BCUT2D eigenvalue weighted by Gasteiger charge is -2.19. The molecule has 0 radical (unpaired) electrons. The molecule has 0 spiro atoms. The number of rotatable bonds is 5. The highest BCUT2D eigenvalue weighted by atomic mass is 32.2. The summed E-state index contributed by atoms with van der Waals surface area (Å²) in [5, 5.41) is 0. The Morgan fingerprint density at radius 3 is 2.56 bits per heavy atom. The Balaban J connectivity index is 1.78. The average molecular weight is 364 g/mol. The van der Waals surface area contributed by atoms with Crippen LogP contribution in [0.1, 0.15) is 11.5 Å². The van der Waals surface area contributed by atoms with Gasteiger partial charge in [0.25, 0.3) is 0 Å². The molecule has 134 valence electrons. The van der Waals surface area contributed by atoms with Gasteiger partial charge in [0.2, 0.25) is 10.0 Å². The van der Waals surface area contributed by atoms with E-state index in [2.05, 4.69) is 14.7 Å². The van der Waals surface area contributed by atoms with Gasteiger partial charge in [-0.05, 0) is 19.1 Å². The van der Waals surface area contributed by atoms with Gasteiger partial charge in [0.05, 0.1) is 11.4 Å². The number of benzene rings is 1. The maximum atomic E-state index is 12.5. The van der Waals surface area contributed by atoms with E-state index < -0.39 is 10.0 Å². The topological polar surface area (TPSA) is 93.7 Å². The summed E-state index contributed by atoms with van der Waals surface area (Å²) >= 11 is 0. The molecule has 0 aliphatic carbocycles. The van der Waals surface area contributed by atoms with E-state index in [1.165, 1.54) is 12.1 Å². The molecule has 2 aromatic rings. The Kier molecular flexibility index (Phi) is 4.78. The molecule has 1 aromatic carbocycles. The second kappa shape index (κ2) is 6.85. The maximum Gasteiger partial charge on any atom is 0.241 e. The third-order valence-electron chi connectivity index (χ3n) is 3.59. The zero-order chi connectivity index (χ0) is 18.0. The Morgan fingerprint density at radius 1 is 1.12 bits per heavy atom. The molecule has 0 bridgehead atoms. The first kappa shape index (κ1) is 17.4. The van der Waals surface area contributed by atoms with Gasteiger partial charge in [0.1, 0.15) is 24.9 Å². The van der Waals surface area contributed by atoms with Crippen molar-refractivity contribution >= 4 is 15.8 Å². The lowest BCUT2D eigenvalue weighted by Crippen LogP contribution is -2.25. The molecule has 0 saturated heterocycles. The van der Waals surface area contributed by atoms with Crippen molar-refractivity contribution in [2.24, 2.45) is 0 Å². The first-order valence-corrected chi connectivity index (χ1v) is 9.25. The summed E-state index contributed by atoms with van der Waals surface area (Å²) in [6, 6.07) is 6.37. The molecule has 0 fully saturated rings. The third kappa shape index (κ3) is 3.99. The van der Waals surface area contributed by atoms with Gasteiger partial charge in [0.15, 0.2) is 11.5 Å². The molecule has 9 heteroatoms. The summed E-state index contributed by atoms with van der Waals surface area (Å²) in [6.07, 6.45) is 0. The summed E-state index contributed by atoms with van der Waals surface area (Å²) in [7, 11) is 0.0149. The number of hydrogen-bond donors (Lipinski definition) is 1. The number of ether oxygens (including phenoxy) is 2. The number of sulfonamides is 1.